The van der Waals surface area contributed by atoms with E-state index < -0.39 is 30.2 Å². The molecular formula is C21H21F4N3O3. The van der Waals surface area contributed by atoms with Crippen LogP contribution in [0, 0.1) is 12.8 Å². The van der Waals surface area contributed by atoms with Gasteiger partial charge in [-0.1, -0.05) is 12.1 Å². The number of ether oxygens (including phenoxy) is 1. The molecule has 31 heavy (non-hydrogen) atoms. The van der Waals surface area contributed by atoms with Crippen molar-refractivity contribution in [3.63, 3.8) is 0 Å². The fraction of sp³-hybridized carbons (Fsp3) is 0.429. The maximum absolute atomic E-state index is 13.0. The Morgan fingerprint density at radius 1 is 1.19 bits per heavy atom. The Labute approximate surface area is 176 Å². The second-order valence-corrected chi connectivity index (χ2v) is 7.46. The molecule has 2 aromatic rings. The lowest BCUT2D eigenvalue weighted by molar-refractivity contribution is -0.253. The molecule has 1 saturated carbocycles. The Morgan fingerprint density at radius 2 is 1.84 bits per heavy atom. The van der Waals surface area contributed by atoms with Crippen molar-refractivity contribution in [3.8, 4) is 5.75 Å². The highest BCUT2D eigenvalue weighted by Crippen LogP contribution is 2.31. The number of aromatic nitrogens is 2. The Kier molecular flexibility index (Phi) is 6.56. The summed E-state index contributed by atoms with van der Waals surface area (Å²) < 4.78 is 54.4. The van der Waals surface area contributed by atoms with Gasteiger partial charge in [0.15, 0.2) is 0 Å². The van der Waals surface area contributed by atoms with Crippen LogP contribution >= 0.6 is 0 Å². The molecule has 1 aliphatic rings. The normalized spacial score (nSPS) is 14.9. The van der Waals surface area contributed by atoms with Crippen LogP contribution in [0.3, 0.4) is 0 Å². The zero-order valence-corrected chi connectivity index (χ0v) is 16.9. The topological polar surface area (TPSA) is 81.2 Å². The molecule has 1 aliphatic carbocycles. The summed E-state index contributed by atoms with van der Waals surface area (Å²) in [6, 6.07) is 5.95. The second-order valence-electron chi connectivity index (χ2n) is 7.46. The van der Waals surface area contributed by atoms with Crippen molar-refractivity contribution < 1.29 is 31.9 Å². The molecule has 1 unspecified atom stereocenters. The summed E-state index contributed by atoms with van der Waals surface area (Å²) in [4.78, 5) is 33.0. The van der Waals surface area contributed by atoms with E-state index in [4.69, 9.17) is 0 Å². The Balaban J connectivity index is 1.64. The maximum Gasteiger partial charge on any atom is 0.461 e. The number of halogens is 4. The highest BCUT2D eigenvalue weighted by Gasteiger charge is 2.43. The molecule has 1 amide bonds. The molecular weight excluding hydrogens is 418 g/mol. The van der Waals surface area contributed by atoms with Gasteiger partial charge in [0, 0.05) is 11.6 Å². The third-order valence-corrected chi connectivity index (χ3v) is 4.73. The number of carbonyl (C=O) groups excluding carboxylic acids is 2. The SMILES string of the molecule is Cc1cc(C(=O)NC(C)c2ccc(OC(F)(F)C(F)F)cc2)nc(CC(=O)C2CC2)n1. The number of nitrogens with zero attached hydrogens (tertiary/aromatic N) is 2. The largest absolute Gasteiger partial charge is 0.461 e. The maximum atomic E-state index is 13.0. The zero-order chi connectivity index (χ0) is 22.8. The Hall–Kier alpha value is -3.04. The molecule has 166 valence electrons. The average Bonchev–Trinajstić information content (AvgIpc) is 3.53. The van der Waals surface area contributed by atoms with Crippen molar-refractivity contribution >= 4 is 11.7 Å². The van der Waals surface area contributed by atoms with Gasteiger partial charge in [0.05, 0.1) is 12.5 Å². The lowest BCUT2D eigenvalue weighted by atomic mass is 10.1. The molecule has 0 saturated heterocycles. The van der Waals surface area contributed by atoms with Crippen molar-refractivity contribution in [3.05, 3.63) is 53.1 Å². The first-order valence-electron chi connectivity index (χ1n) is 9.68. The van der Waals surface area contributed by atoms with E-state index in [1.54, 1.807) is 13.8 Å². The number of aryl methyl sites for hydroxylation is 1. The number of amides is 1. The quantitative estimate of drug-likeness (QED) is 0.597. The van der Waals surface area contributed by atoms with Crippen molar-refractivity contribution in [2.45, 2.75) is 51.7 Å². The fourth-order valence-corrected chi connectivity index (χ4v) is 2.91. The molecule has 0 spiro atoms. The number of rotatable bonds is 9. The van der Waals surface area contributed by atoms with Gasteiger partial charge in [0.2, 0.25) is 0 Å². The Morgan fingerprint density at radius 3 is 2.42 bits per heavy atom. The molecule has 1 heterocycles. The minimum Gasteiger partial charge on any atom is -0.428 e. The molecule has 3 rings (SSSR count). The first kappa shape index (κ1) is 22.6. The smallest absolute Gasteiger partial charge is 0.428 e. The predicted molar refractivity (Wildman–Crippen MR) is 102 cm³/mol. The van der Waals surface area contributed by atoms with Gasteiger partial charge in [-0.05, 0) is 50.5 Å². The number of benzene rings is 1. The van der Waals surface area contributed by atoms with E-state index in [2.05, 4.69) is 20.0 Å². The summed E-state index contributed by atoms with van der Waals surface area (Å²) in [5.41, 5.74) is 1.19. The third-order valence-electron chi connectivity index (χ3n) is 4.73. The number of nitrogens with one attached hydrogen (secondary N) is 1. The number of ketones is 1. The molecule has 6 nitrogen and oxygen atoms in total. The van der Waals surface area contributed by atoms with Gasteiger partial charge in [0.25, 0.3) is 5.91 Å². The van der Waals surface area contributed by atoms with Gasteiger partial charge < -0.3 is 10.1 Å². The van der Waals surface area contributed by atoms with E-state index in [-0.39, 0.29) is 29.6 Å². The average molecular weight is 439 g/mol. The summed E-state index contributed by atoms with van der Waals surface area (Å²) in [5, 5.41) is 2.72. The molecule has 1 aromatic heterocycles. The van der Waals surface area contributed by atoms with Crippen LogP contribution in [0.15, 0.2) is 30.3 Å². The van der Waals surface area contributed by atoms with Gasteiger partial charge in [-0.15, -0.1) is 0 Å². The van der Waals surface area contributed by atoms with Crippen molar-refractivity contribution in [1.82, 2.24) is 15.3 Å². The predicted octanol–water partition coefficient (Wildman–Crippen LogP) is 4.03. The molecule has 10 heteroatoms. The van der Waals surface area contributed by atoms with Gasteiger partial charge in [-0.3, -0.25) is 9.59 Å². The monoisotopic (exact) mass is 439 g/mol. The van der Waals surface area contributed by atoms with Crippen molar-refractivity contribution in [1.29, 1.82) is 0 Å². The van der Waals surface area contributed by atoms with E-state index in [0.29, 0.717) is 11.3 Å². The summed E-state index contributed by atoms with van der Waals surface area (Å²) in [6.07, 6.45) is -6.72. The Bertz CT molecular complexity index is 963. The molecule has 1 aromatic carbocycles. The number of hydrogen-bond acceptors (Lipinski definition) is 5. The lowest BCUT2D eigenvalue weighted by Crippen LogP contribution is -2.33. The first-order valence-corrected chi connectivity index (χ1v) is 9.68. The van der Waals surface area contributed by atoms with Crippen LogP contribution in [-0.4, -0.2) is 34.2 Å². The van der Waals surface area contributed by atoms with Crippen LogP contribution in [0.5, 0.6) is 5.75 Å². The first-order chi connectivity index (χ1) is 14.5. The van der Waals surface area contributed by atoms with Gasteiger partial charge in [0.1, 0.15) is 23.1 Å². The molecule has 0 bridgehead atoms. The van der Waals surface area contributed by atoms with Crippen LogP contribution in [0.1, 0.15) is 53.4 Å². The zero-order valence-electron chi connectivity index (χ0n) is 16.9. The number of carbonyl (C=O) groups is 2. The molecule has 1 atom stereocenters. The van der Waals surface area contributed by atoms with Crippen molar-refractivity contribution in [2.75, 3.05) is 0 Å². The van der Waals surface area contributed by atoms with Crippen LogP contribution < -0.4 is 10.1 Å². The molecule has 1 N–H and O–H groups in total. The van der Waals surface area contributed by atoms with E-state index in [0.717, 1.165) is 25.0 Å². The summed E-state index contributed by atoms with van der Waals surface area (Å²) in [7, 11) is 0. The van der Waals surface area contributed by atoms with Crippen LogP contribution in [-0.2, 0) is 11.2 Å². The number of alkyl halides is 4. The summed E-state index contributed by atoms with van der Waals surface area (Å²) in [6.45, 7) is 3.36. The highest BCUT2D eigenvalue weighted by atomic mass is 19.3. The van der Waals surface area contributed by atoms with E-state index >= 15 is 0 Å². The van der Waals surface area contributed by atoms with Crippen LogP contribution in [0.2, 0.25) is 0 Å². The van der Waals surface area contributed by atoms with Gasteiger partial charge >= 0.3 is 12.5 Å². The van der Waals surface area contributed by atoms with Crippen molar-refractivity contribution in [2.24, 2.45) is 5.92 Å². The molecule has 1 fully saturated rings. The van der Waals surface area contributed by atoms with Gasteiger partial charge in [-0.2, -0.15) is 17.6 Å². The van der Waals surface area contributed by atoms with E-state index in [1.807, 2.05) is 0 Å². The number of hydrogen-bond donors (Lipinski definition) is 1. The van der Waals surface area contributed by atoms with Crippen LogP contribution in [0.25, 0.3) is 0 Å². The van der Waals surface area contributed by atoms with Crippen LogP contribution in [0.4, 0.5) is 17.6 Å². The second kappa shape index (κ2) is 8.99. The van der Waals surface area contributed by atoms with E-state index in [1.165, 1.54) is 18.2 Å². The van der Waals surface area contributed by atoms with E-state index in [9.17, 15) is 27.2 Å². The minimum absolute atomic E-state index is 0.0602. The van der Waals surface area contributed by atoms with Gasteiger partial charge in [-0.25, -0.2) is 9.97 Å². The fourth-order valence-electron chi connectivity index (χ4n) is 2.91. The molecule has 0 radical (unpaired) electrons. The number of Topliss-reactive ketones (excluding diaryl/α,β-unsaturated/α-hetero) is 1. The summed E-state index contributed by atoms with van der Waals surface area (Å²) in [5.74, 6) is -0.512. The third kappa shape index (κ3) is 5.99. The summed E-state index contributed by atoms with van der Waals surface area (Å²) >= 11 is 0. The molecule has 0 aliphatic heterocycles. The lowest BCUT2D eigenvalue weighted by Gasteiger charge is -2.18. The minimum atomic E-state index is -4.59. The standard InChI is InChI=1S/C21H21F4N3O3/c1-11-9-16(28-18(26-11)10-17(29)14-3-4-14)19(30)27-12(2)13-5-7-15(8-6-13)31-21(24,25)20(22)23/h5-9,12,14,20H,3-4,10H2,1-2H3,(H,27,30). The highest BCUT2D eigenvalue weighted by molar-refractivity contribution is 5.92.